The highest BCUT2D eigenvalue weighted by Gasteiger charge is 2.34. The summed E-state index contributed by atoms with van der Waals surface area (Å²) in [7, 11) is 0. The molecule has 1 fully saturated rings. The molecular weight excluding hydrogens is 238 g/mol. The van der Waals surface area contributed by atoms with Crippen LogP contribution in [-0.2, 0) is 9.59 Å². The molecule has 1 heterocycles. The van der Waals surface area contributed by atoms with Gasteiger partial charge in [0, 0.05) is 5.57 Å². The van der Waals surface area contributed by atoms with Crippen molar-refractivity contribution in [3.8, 4) is 0 Å². The lowest BCUT2D eigenvalue weighted by Crippen LogP contribution is -2.28. The number of nitrogens with zero attached hydrogens (tertiary/aromatic N) is 1. The molecule has 2 amide bonds. The van der Waals surface area contributed by atoms with Crippen molar-refractivity contribution < 1.29 is 9.59 Å². The van der Waals surface area contributed by atoms with E-state index in [1.807, 2.05) is 37.3 Å². The van der Waals surface area contributed by atoms with Crippen LogP contribution in [0.5, 0.6) is 0 Å². The van der Waals surface area contributed by atoms with Crippen molar-refractivity contribution in [1.29, 1.82) is 0 Å². The average Bonchev–Trinajstić information content (AvgIpc) is 2.63. The van der Waals surface area contributed by atoms with Crippen LogP contribution in [0.15, 0.2) is 35.9 Å². The van der Waals surface area contributed by atoms with Gasteiger partial charge in [0.25, 0.3) is 5.91 Å². The van der Waals surface area contributed by atoms with Gasteiger partial charge in [-0.3, -0.25) is 9.59 Å². The minimum Gasteiger partial charge on any atom is -0.274 e. The number of anilines is 1. The zero-order valence-electron chi connectivity index (χ0n) is 11.6. The molecule has 1 aromatic carbocycles. The van der Waals surface area contributed by atoms with Gasteiger partial charge in [0.05, 0.1) is 12.1 Å². The molecule has 1 aromatic rings. The highest BCUT2D eigenvalue weighted by Crippen LogP contribution is 2.26. The Morgan fingerprint density at radius 2 is 1.84 bits per heavy atom. The maximum Gasteiger partial charge on any atom is 0.261 e. The minimum absolute atomic E-state index is 0.135. The molecule has 0 atom stereocenters. The van der Waals surface area contributed by atoms with Crippen LogP contribution < -0.4 is 4.90 Å². The van der Waals surface area contributed by atoms with E-state index in [0.717, 1.165) is 12.0 Å². The number of benzene rings is 1. The van der Waals surface area contributed by atoms with Gasteiger partial charge in [-0.15, -0.1) is 0 Å². The van der Waals surface area contributed by atoms with E-state index < -0.39 is 0 Å². The summed E-state index contributed by atoms with van der Waals surface area (Å²) in [5, 5.41) is 0. The first-order chi connectivity index (χ1) is 8.99. The summed E-state index contributed by atoms with van der Waals surface area (Å²) in [5.41, 5.74) is 2.39. The van der Waals surface area contributed by atoms with Gasteiger partial charge in [-0.05, 0) is 31.4 Å². The second-order valence-corrected chi connectivity index (χ2v) is 5.41. The summed E-state index contributed by atoms with van der Waals surface area (Å²) < 4.78 is 0. The summed E-state index contributed by atoms with van der Waals surface area (Å²) in [5.74, 6) is 0.183. The third-order valence-corrected chi connectivity index (χ3v) is 3.20. The highest BCUT2D eigenvalue weighted by molar-refractivity contribution is 6.28. The van der Waals surface area contributed by atoms with Crippen LogP contribution in [0, 0.1) is 12.8 Å². The second-order valence-electron chi connectivity index (χ2n) is 5.41. The normalized spacial score (nSPS) is 17.9. The van der Waals surface area contributed by atoms with E-state index in [-0.39, 0.29) is 18.2 Å². The Bertz CT molecular complexity index is 526. The first-order valence-corrected chi connectivity index (χ1v) is 6.62. The van der Waals surface area contributed by atoms with Gasteiger partial charge in [-0.25, -0.2) is 4.90 Å². The first-order valence-electron chi connectivity index (χ1n) is 6.62. The van der Waals surface area contributed by atoms with Crippen LogP contribution in [-0.4, -0.2) is 11.8 Å². The van der Waals surface area contributed by atoms with E-state index >= 15 is 0 Å². The molecule has 1 saturated heterocycles. The number of aryl methyl sites for hydroxylation is 1. The predicted molar refractivity (Wildman–Crippen MR) is 75.8 cm³/mol. The zero-order chi connectivity index (χ0) is 14.0. The van der Waals surface area contributed by atoms with Crippen molar-refractivity contribution in [3.63, 3.8) is 0 Å². The van der Waals surface area contributed by atoms with Gasteiger partial charge < -0.3 is 0 Å². The van der Waals surface area contributed by atoms with E-state index in [9.17, 15) is 9.59 Å². The summed E-state index contributed by atoms with van der Waals surface area (Å²) >= 11 is 0. The molecule has 3 heteroatoms. The number of imide groups is 1. The fourth-order valence-corrected chi connectivity index (χ4v) is 2.07. The van der Waals surface area contributed by atoms with E-state index in [4.69, 9.17) is 0 Å². The predicted octanol–water partition coefficient (Wildman–Crippen LogP) is 3.23. The fourth-order valence-electron chi connectivity index (χ4n) is 2.07. The van der Waals surface area contributed by atoms with Crippen LogP contribution in [0.1, 0.15) is 32.3 Å². The molecule has 100 valence electrons. The van der Waals surface area contributed by atoms with Crippen LogP contribution >= 0.6 is 0 Å². The van der Waals surface area contributed by atoms with Crippen molar-refractivity contribution in [1.82, 2.24) is 0 Å². The molecule has 0 N–H and O–H groups in total. The van der Waals surface area contributed by atoms with E-state index in [0.29, 0.717) is 17.2 Å². The molecule has 0 unspecified atom stereocenters. The monoisotopic (exact) mass is 257 g/mol. The van der Waals surface area contributed by atoms with Gasteiger partial charge in [0.15, 0.2) is 0 Å². The lowest BCUT2D eigenvalue weighted by Gasteiger charge is -2.13. The van der Waals surface area contributed by atoms with Crippen molar-refractivity contribution in [2.24, 2.45) is 5.92 Å². The molecule has 2 rings (SSSR count). The summed E-state index contributed by atoms with van der Waals surface area (Å²) in [6, 6.07) is 7.45. The molecule has 1 aliphatic rings. The van der Waals surface area contributed by atoms with Crippen LogP contribution in [0.25, 0.3) is 0 Å². The Labute approximate surface area is 113 Å². The quantitative estimate of drug-likeness (QED) is 0.616. The van der Waals surface area contributed by atoms with Crippen molar-refractivity contribution >= 4 is 17.5 Å². The van der Waals surface area contributed by atoms with Crippen molar-refractivity contribution in [2.75, 3.05) is 4.90 Å². The molecular formula is C16H19NO2. The smallest absolute Gasteiger partial charge is 0.261 e. The third kappa shape index (κ3) is 2.92. The number of carbonyl (C=O) groups excluding carboxylic acids is 2. The Balaban J connectivity index is 2.24. The largest absolute Gasteiger partial charge is 0.274 e. The molecule has 3 nitrogen and oxygen atoms in total. The maximum atomic E-state index is 12.3. The van der Waals surface area contributed by atoms with E-state index in [1.165, 1.54) is 4.90 Å². The maximum absolute atomic E-state index is 12.3. The number of allylic oxidation sites excluding steroid dienone is 1. The molecule has 1 aliphatic heterocycles. The first kappa shape index (κ1) is 13.5. The minimum atomic E-state index is -0.172. The topological polar surface area (TPSA) is 37.4 Å². The lowest BCUT2D eigenvalue weighted by molar-refractivity contribution is -0.120. The molecule has 0 aromatic heterocycles. The Morgan fingerprint density at radius 3 is 2.42 bits per heavy atom. The summed E-state index contributed by atoms with van der Waals surface area (Å²) in [4.78, 5) is 25.5. The SMILES string of the molecule is Cc1ccc(N2C(=O)CC(=CCC(C)C)C2=O)cc1. The second kappa shape index (κ2) is 5.39. The van der Waals surface area contributed by atoms with Gasteiger partial charge in [-0.1, -0.05) is 37.6 Å². The molecule has 0 spiro atoms. The van der Waals surface area contributed by atoms with Gasteiger partial charge >= 0.3 is 0 Å². The van der Waals surface area contributed by atoms with E-state index in [2.05, 4.69) is 13.8 Å². The van der Waals surface area contributed by atoms with Crippen LogP contribution in [0.2, 0.25) is 0 Å². The summed E-state index contributed by atoms with van der Waals surface area (Å²) in [6.07, 6.45) is 2.95. The van der Waals surface area contributed by atoms with Crippen molar-refractivity contribution in [3.05, 3.63) is 41.5 Å². The molecule has 0 bridgehead atoms. The molecule has 0 aliphatic carbocycles. The fraction of sp³-hybridized carbons (Fsp3) is 0.375. The number of amides is 2. The van der Waals surface area contributed by atoms with Gasteiger partial charge in [0.1, 0.15) is 0 Å². The lowest BCUT2D eigenvalue weighted by atomic mass is 10.1. The molecule has 0 saturated carbocycles. The number of hydrogen-bond donors (Lipinski definition) is 0. The standard InChI is InChI=1S/C16H19NO2/c1-11(2)4-7-13-10-15(18)17(16(13)19)14-8-5-12(3)6-9-14/h5-9,11H,4,10H2,1-3H3. The number of carbonyl (C=O) groups is 2. The highest BCUT2D eigenvalue weighted by atomic mass is 16.2. The van der Waals surface area contributed by atoms with Crippen LogP contribution in [0.4, 0.5) is 5.69 Å². The zero-order valence-corrected chi connectivity index (χ0v) is 11.6. The van der Waals surface area contributed by atoms with Gasteiger partial charge in [0.2, 0.25) is 5.91 Å². The number of hydrogen-bond acceptors (Lipinski definition) is 2. The summed E-state index contributed by atoms with van der Waals surface area (Å²) in [6.45, 7) is 6.16. The Kier molecular flexibility index (Phi) is 3.84. The van der Waals surface area contributed by atoms with Crippen LogP contribution in [0.3, 0.4) is 0 Å². The molecule has 0 radical (unpaired) electrons. The Morgan fingerprint density at radius 1 is 1.21 bits per heavy atom. The Hall–Kier alpha value is -1.90. The van der Waals surface area contributed by atoms with E-state index in [1.54, 1.807) is 0 Å². The third-order valence-electron chi connectivity index (χ3n) is 3.20. The molecule has 19 heavy (non-hydrogen) atoms. The average molecular weight is 257 g/mol. The number of rotatable bonds is 3. The van der Waals surface area contributed by atoms with Gasteiger partial charge in [-0.2, -0.15) is 0 Å². The van der Waals surface area contributed by atoms with Crippen molar-refractivity contribution in [2.45, 2.75) is 33.6 Å².